The lowest BCUT2D eigenvalue weighted by Crippen LogP contribution is -2.30. The summed E-state index contributed by atoms with van der Waals surface area (Å²) < 4.78 is 0. The van der Waals surface area contributed by atoms with Gasteiger partial charge in [-0.3, -0.25) is 9.59 Å². The molecule has 0 radical (unpaired) electrons. The van der Waals surface area contributed by atoms with Gasteiger partial charge in [0, 0.05) is 13.1 Å². The van der Waals surface area contributed by atoms with Crippen LogP contribution in [0.5, 0.6) is 0 Å². The first-order valence-electron chi connectivity index (χ1n) is 4.44. The van der Waals surface area contributed by atoms with Gasteiger partial charge in [-0.15, -0.1) is 10.2 Å². The van der Waals surface area contributed by atoms with Crippen molar-refractivity contribution in [3.05, 3.63) is 5.82 Å². The Labute approximate surface area is 84.3 Å². The lowest BCUT2D eigenvalue weighted by molar-refractivity contribution is -0.141. The number of hydrogen-bond donors (Lipinski definition) is 2. The van der Waals surface area contributed by atoms with E-state index >= 15 is 0 Å². The van der Waals surface area contributed by atoms with Crippen LogP contribution in [0.2, 0.25) is 0 Å². The lowest BCUT2D eigenvalue weighted by Gasteiger charge is -2.12. The van der Waals surface area contributed by atoms with Crippen LogP contribution >= 0.6 is 0 Å². The number of hydrogen-bond acceptors (Lipinski definition) is 5. The number of carbonyl (C=O) groups is 2. The molecule has 1 aromatic heterocycles. The summed E-state index contributed by atoms with van der Waals surface area (Å²) in [5.41, 5.74) is 0. The summed E-state index contributed by atoms with van der Waals surface area (Å²) in [5, 5.41) is 21.3. The number of nitrogens with one attached hydrogen (secondary N) is 1. The summed E-state index contributed by atoms with van der Waals surface area (Å²) in [7, 11) is 0. The van der Waals surface area contributed by atoms with Gasteiger partial charge in [-0.05, 0) is 11.6 Å². The van der Waals surface area contributed by atoms with Gasteiger partial charge in [0.15, 0.2) is 0 Å². The highest BCUT2D eigenvalue weighted by Crippen LogP contribution is 2.17. The first-order valence-corrected chi connectivity index (χ1v) is 4.44. The van der Waals surface area contributed by atoms with Gasteiger partial charge in [0.2, 0.25) is 0 Å². The van der Waals surface area contributed by atoms with Gasteiger partial charge >= 0.3 is 5.97 Å². The SMILES string of the molecule is O=C(O)[C@H]1CCN(C(=O)c2nn[nH]n2)C1. The molecule has 0 unspecified atom stereocenters. The zero-order valence-electron chi connectivity index (χ0n) is 7.75. The van der Waals surface area contributed by atoms with E-state index in [-0.39, 0.29) is 18.3 Å². The zero-order chi connectivity index (χ0) is 10.8. The van der Waals surface area contributed by atoms with Crippen molar-refractivity contribution in [3.63, 3.8) is 0 Å². The van der Waals surface area contributed by atoms with Crippen LogP contribution in [0.1, 0.15) is 17.0 Å². The topological polar surface area (TPSA) is 112 Å². The van der Waals surface area contributed by atoms with E-state index in [1.165, 1.54) is 4.90 Å². The molecule has 8 nitrogen and oxygen atoms in total. The fourth-order valence-electron chi connectivity index (χ4n) is 1.54. The standard InChI is InChI=1S/C7H9N5O3/c13-6(5-8-10-11-9-5)12-2-1-4(3-12)7(14)15/h4H,1-3H2,(H,14,15)(H,8,9,10,11)/t4-/m0/s1. The third-order valence-corrected chi connectivity index (χ3v) is 2.36. The zero-order valence-corrected chi connectivity index (χ0v) is 7.75. The van der Waals surface area contributed by atoms with E-state index in [1.807, 2.05) is 0 Å². The van der Waals surface area contributed by atoms with Crippen molar-refractivity contribution in [2.24, 2.45) is 5.92 Å². The van der Waals surface area contributed by atoms with Crippen LogP contribution in [0.3, 0.4) is 0 Å². The number of likely N-dealkylation sites (tertiary alicyclic amines) is 1. The fraction of sp³-hybridized carbons (Fsp3) is 0.571. The maximum absolute atomic E-state index is 11.6. The number of carbonyl (C=O) groups excluding carboxylic acids is 1. The number of aromatic amines is 1. The molecule has 1 aliphatic heterocycles. The summed E-state index contributed by atoms with van der Waals surface area (Å²) in [6.45, 7) is 0.632. The number of H-pyrrole nitrogens is 1. The maximum atomic E-state index is 11.6. The predicted octanol–water partition coefficient (Wildman–Crippen LogP) is -1.25. The number of carboxylic acid groups (broad SMARTS) is 1. The minimum absolute atomic E-state index is 0.0268. The van der Waals surface area contributed by atoms with Crippen molar-refractivity contribution in [2.75, 3.05) is 13.1 Å². The third kappa shape index (κ3) is 1.78. The molecule has 1 saturated heterocycles. The van der Waals surface area contributed by atoms with E-state index in [4.69, 9.17) is 5.11 Å². The largest absolute Gasteiger partial charge is 0.481 e. The van der Waals surface area contributed by atoms with E-state index < -0.39 is 11.9 Å². The maximum Gasteiger partial charge on any atom is 0.308 e. The van der Waals surface area contributed by atoms with Crippen molar-refractivity contribution in [1.29, 1.82) is 0 Å². The number of aliphatic carboxylic acids is 1. The number of rotatable bonds is 2. The molecule has 2 heterocycles. The molecule has 2 rings (SSSR count). The molecular formula is C7H9N5O3. The second kappa shape index (κ2) is 3.64. The molecular weight excluding hydrogens is 202 g/mol. The van der Waals surface area contributed by atoms with Gasteiger partial charge in [0.25, 0.3) is 11.7 Å². The van der Waals surface area contributed by atoms with Gasteiger partial charge < -0.3 is 10.0 Å². The van der Waals surface area contributed by atoms with Gasteiger partial charge in [-0.25, -0.2) is 0 Å². The molecule has 80 valence electrons. The molecule has 2 N–H and O–H groups in total. The average Bonchev–Trinajstić information content (AvgIpc) is 2.88. The van der Waals surface area contributed by atoms with Crippen molar-refractivity contribution >= 4 is 11.9 Å². The summed E-state index contributed by atoms with van der Waals surface area (Å²) in [6.07, 6.45) is 0.471. The van der Waals surface area contributed by atoms with Gasteiger partial charge in [-0.1, -0.05) is 0 Å². The number of tetrazole rings is 1. The summed E-state index contributed by atoms with van der Waals surface area (Å²) in [6, 6.07) is 0. The van der Waals surface area contributed by atoms with Gasteiger partial charge in [0.1, 0.15) is 0 Å². The Bertz CT molecular complexity index is 376. The minimum atomic E-state index is -0.876. The number of carboxylic acids is 1. The Morgan fingerprint density at radius 3 is 2.87 bits per heavy atom. The molecule has 0 spiro atoms. The van der Waals surface area contributed by atoms with Crippen LogP contribution in [0.25, 0.3) is 0 Å². The van der Waals surface area contributed by atoms with Crippen LogP contribution in [0.15, 0.2) is 0 Å². The van der Waals surface area contributed by atoms with Crippen molar-refractivity contribution < 1.29 is 14.7 Å². The summed E-state index contributed by atoms with van der Waals surface area (Å²) >= 11 is 0. The Hall–Kier alpha value is -1.99. The van der Waals surface area contributed by atoms with Crippen LogP contribution < -0.4 is 0 Å². The highest BCUT2D eigenvalue weighted by molar-refractivity contribution is 5.90. The van der Waals surface area contributed by atoms with Crippen LogP contribution in [-0.2, 0) is 4.79 Å². The van der Waals surface area contributed by atoms with Gasteiger partial charge in [0.05, 0.1) is 5.92 Å². The fourth-order valence-corrected chi connectivity index (χ4v) is 1.54. The number of nitrogens with zero attached hydrogens (tertiary/aromatic N) is 4. The monoisotopic (exact) mass is 211 g/mol. The molecule has 0 bridgehead atoms. The third-order valence-electron chi connectivity index (χ3n) is 2.36. The predicted molar refractivity (Wildman–Crippen MR) is 45.8 cm³/mol. The van der Waals surface area contributed by atoms with E-state index in [1.54, 1.807) is 0 Å². The molecule has 0 aliphatic carbocycles. The smallest absolute Gasteiger partial charge is 0.308 e. The first kappa shape index (κ1) is 9.56. The quantitative estimate of drug-likeness (QED) is 0.631. The average molecular weight is 211 g/mol. The lowest BCUT2D eigenvalue weighted by atomic mass is 10.1. The number of aromatic nitrogens is 4. The Morgan fingerprint density at radius 1 is 1.53 bits per heavy atom. The van der Waals surface area contributed by atoms with E-state index in [0.29, 0.717) is 13.0 Å². The van der Waals surface area contributed by atoms with Crippen molar-refractivity contribution in [1.82, 2.24) is 25.5 Å². The van der Waals surface area contributed by atoms with Crippen LogP contribution in [-0.4, -0.2) is 55.6 Å². The normalized spacial score (nSPS) is 20.5. The van der Waals surface area contributed by atoms with Crippen molar-refractivity contribution in [2.45, 2.75) is 6.42 Å². The molecule has 1 amide bonds. The Kier molecular flexibility index (Phi) is 2.32. The van der Waals surface area contributed by atoms with Gasteiger partial charge in [-0.2, -0.15) is 5.21 Å². The molecule has 1 atom stereocenters. The molecule has 0 aromatic carbocycles. The first-order chi connectivity index (χ1) is 7.18. The number of amides is 1. The minimum Gasteiger partial charge on any atom is -0.481 e. The molecule has 0 saturated carbocycles. The van der Waals surface area contributed by atoms with E-state index in [9.17, 15) is 9.59 Å². The highest BCUT2D eigenvalue weighted by Gasteiger charge is 2.32. The second-order valence-corrected chi connectivity index (χ2v) is 3.31. The molecule has 1 fully saturated rings. The molecule has 1 aromatic rings. The summed E-state index contributed by atoms with van der Waals surface area (Å²) in [5.74, 6) is -1.77. The van der Waals surface area contributed by atoms with E-state index in [2.05, 4.69) is 20.6 Å². The summed E-state index contributed by atoms with van der Waals surface area (Å²) in [4.78, 5) is 23.7. The van der Waals surface area contributed by atoms with E-state index in [0.717, 1.165) is 0 Å². The Balaban J connectivity index is 2.02. The van der Waals surface area contributed by atoms with Crippen LogP contribution in [0, 0.1) is 5.92 Å². The Morgan fingerprint density at radius 2 is 2.33 bits per heavy atom. The molecule has 1 aliphatic rings. The molecule has 15 heavy (non-hydrogen) atoms. The van der Waals surface area contributed by atoms with Crippen LogP contribution in [0.4, 0.5) is 0 Å². The second-order valence-electron chi connectivity index (χ2n) is 3.31. The molecule has 8 heteroatoms. The van der Waals surface area contributed by atoms with Crippen molar-refractivity contribution in [3.8, 4) is 0 Å². The highest BCUT2D eigenvalue weighted by atomic mass is 16.4.